The molecule has 4 aliphatic rings. The molecule has 0 bridgehead atoms. The van der Waals surface area contributed by atoms with Gasteiger partial charge in [-0.25, -0.2) is 0 Å². The quantitative estimate of drug-likeness (QED) is 0.123. The van der Waals surface area contributed by atoms with Crippen LogP contribution in [0, 0.1) is 0 Å². The molecule has 4 rings (SSSR count). The molecule has 16 heteroatoms. The van der Waals surface area contributed by atoms with Crippen LogP contribution in [-0.4, -0.2) is 118 Å². The lowest BCUT2D eigenvalue weighted by atomic mass is 10.1. The number of aliphatic hydroxyl groups is 2. The Morgan fingerprint density at radius 3 is 1.23 bits per heavy atom. The third-order valence-corrected chi connectivity index (χ3v) is 6.65. The van der Waals surface area contributed by atoms with E-state index in [0.29, 0.717) is 70.5 Å². The van der Waals surface area contributed by atoms with Gasteiger partial charge < -0.3 is 43.1 Å². The zero-order valence-electron chi connectivity index (χ0n) is 22.2. The molecule has 2 amide bonds. The monoisotopic (exact) mass is 630 g/mol. The van der Waals surface area contributed by atoms with Crippen LogP contribution < -0.4 is 23.0 Å². The van der Waals surface area contributed by atoms with Crippen molar-refractivity contribution in [2.24, 2.45) is 0 Å². The van der Waals surface area contributed by atoms with Crippen molar-refractivity contribution < 1.29 is 61.5 Å². The zero-order chi connectivity index (χ0) is 29.4. The SMILES string of the molecule is O=C(Cl)C(=O)Cl.O=C1CCN(C(=O)C(=O)N2CCC(=O)CC2)CC1.O=C1CCNCC1.OC1(O)CC[NH2+]CC1.[Cl-]. The summed E-state index contributed by atoms with van der Waals surface area (Å²) in [7, 11) is 0. The number of carbonyl (C=O) groups is 7. The van der Waals surface area contributed by atoms with E-state index < -0.39 is 28.1 Å². The molecule has 0 atom stereocenters. The summed E-state index contributed by atoms with van der Waals surface area (Å²) in [6.45, 7) is 4.77. The molecular weight excluding hydrogens is 595 g/mol. The highest BCUT2D eigenvalue weighted by molar-refractivity contribution is 6.97. The molecule has 40 heavy (non-hydrogen) atoms. The van der Waals surface area contributed by atoms with Gasteiger partial charge in [0.15, 0.2) is 5.79 Å². The number of Topliss-reactive ketones (excluding diaryl/α,β-unsaturated/α-hetero) is 3. The average molecular weight is 632 g/mol. The summed E-state index contributed by atoms with van der Waals surface area (Å²) in [6.07, 6.45) is 3.81. The van der Waals surface area contributed by atoms with Crippen LogP contribution in [0.3, 0.4) is 0 Å². The van der Waals surface area contributed by atoms with E-state index in [1.165, 1.54) is 9.80 Å². The maximum Gasteiger partial charge on any atom is 0.312 e. The van der Waals surface area contributed by atoms with Gasteiger partial charge in [-0.3, -0.25) is 33.6 Å². The fourth-order valence-electron chi connectivity index (χ4n) is 3.83. The molecule has 0 aromatic rings. The topological polar surface area (TPSA) is 195 Å². The van der Waals surface area contributed by atoms with Crippen molar-refractivity contribution in [2.45, 2.75) is 57.2 Å². The van der Waals surface area contributed by atoms with Crippen LogP contribution in [0.4, 0.5) is 0 Å². The summed E-state index contributed by atoms with van der Waals surface area (Å²) in [5.74, 6) is -1.77. The Bertz CT molecular complexity index is 832. The number of piperidine rings is 4. The van der Waals surface area contributed by atoms with Crippen LogP contribution in [0.25, 0.3) is 0 Å². The first-order chi connectivity index (χ1) is 18.3. The fraction of sp³-hybridized carbons (Fsp3) is 0.708. The molecule has 0 spiro atoms. The lowest BCUT2D eigenvalue weighted by Crippen LogP contribution is -3.00. The lowest BCUT2D eigenvalue weighted by Gasteiger charge is -2.30. The highest BCUT2D eigenvalue weighted by atomic mass is 35.5. The van der Waals surface area contributed by atoms with Gasteiger partial charge in [0.05, 0.1) is 25.9 Å². The van der Waals surface area contributed by atoms with Crippen LogP contribution in [0.5, 0.6) is 0 Å². The van der Waals surface area contributed by atoms with Gasteiger partial charge in [-0.15, -0.1) is 0 Å². The average Bonchev–Trinajstić information content (AvgIpc) is 2.90. The van der Waals surface area contributed by atoms with Gasteiger partial charge in [-0.05, 0) is 23.2 Å². The van der Waals surface area contributed by atoms with Crippen LogP contribution >= 0.6 is 23.2 Å². The van der Waals surface area contributed by atoms with Crippen LogP contribution in [0.1, 0.15) is 51.4 Å². The van der Waals surface area contributed by atoms with Crippen molar-refractivity contribution >= 4 is 62.9 Å². The second-order valence-corrected chi connectivity index (χ2v) is 10.0. The van der Waals surface area contributed by atoms with Crippen molar-refractivity contribution in [1.82, 2.24) is 15.1 Å². The second kappa shape index (κ2) is 20.0. The Labute approximate surface area is 248 Å². The lowest BCUT2D eigenvalue weighted by molar-refractivity contribution is -0.672. The standard InChI is InChI=1S/C12H16N2O4.C5H11NO2.C5H9NO.C2Cl2O2.ClH/c15-9-1-5-13(6-2-9)11(17)12(18)14-7-3-10(16)4-8-14;7-5(8)1-3-6-4-2-5;7-5-1-3-6-4-2-5;3-1(5)2(4)6;/h1-8H2;6-8H,1-4H2;6H,1-4H2;;1H. The number of carbonyl (C=O) groups excluding carboxylic acids is 7. The van der Waals surface area contributed by atoms with Crippen molar-refractivity contribution in [3.8, 4) is 0 Å². The highest BCUT2D eigenvalue weighted by Crippen LogP contribution is 2.11. The van der Waals surface area contributed by atoms with E-state index >= 15 is 0 Å². The van der Waals surface area contributed by atoms with Crippen molar-refractivity contribution in [2.75, 3.05) is 52.4 Å². The molecule has 0 aromatic carbocycles. The molecule has 4 heterocycles. The van der Waals surface area contributed by atoms with Crippen molar-refractivity contribution in [1.29, 1.82) is 0 Å². The minimum atomic E-state index is -1.35. The summed E-state index contributed by atoms with van der Waals surface area (Å²) in [6, 6.07) is 0. The van der Waals surface area contributed by atoms with Crippen molar-refractivity contribution in [3.63, 3.8) is 0 Å². The maximum absolute atomic E-state index is 11.9. The number of likely N-dealkylation sites (tertiary alicyclic amines) is 2. The molecule has 4 fully saturated rings. The number of ketones is 3. The van der Waals surface area contributed by atoms with E-state index in [9.17, 15) is 33.6 Å². The fourth-order valence-corrected chi connectivity index (χ4v) is 3.83. The van der Waals surface area contributed by atoms with Crippen molar-refractivity contribution in [3.05, 3.63) is 0 Å². The summed E-state index contributed by atoms with van der Waals surface area (Å²) in [4.78, 5) is 78.1. The molecule has 0 saturated carbocycles. The predicted octanol–water partition coefficient (Wildman–Crippen LogP) is -5.15. The number of hydrogen-bond acceptors (Lipinski definition) is 10. The number of halogens is 3. The van der Waals surface area contributed by atoms with E-state index in [1.807, 2.05) is 0 Å². The third-order valence-electron chi connectivity index (χ3n) is 6.21. The number of nitrogens with zero attached hydrogens (tertiary/aromatic N) is 2. The van der Waals surface area contributed by atoms with E-state index in [-0.39, 0.29) is 24.0 Å². The van der Waals surface area contributed by atoms with Gasteiger partial charge in [0.2, 0.25) is 0 Å². The molecule has 0 aliphatic carbocycles. The summed E-state index contributed by atoms with van der Waals surface area (Å²) in [5.41, 5.74) is 0. The Morgan fingerprint density at radius 2 is 1.00 bits per heavy atom. The zero-order valence-corrected chi connectivity index (χ0v) is 24.4. The van der Waals surface area contributed by atoms with Gasteiger partial charge in [-0.2, -0.15) is 0 Å². The molecule has 5 N–H and O–H groups in total. The predicted molar refractivity (Wildman–Crippen MR) is 139 cm³/mol. The second-order valence-electron chi connectivity index (χ2n) is 9.35. The smallest absolute Gasteiger partial charge is 0.312 e. The van der Waals surface area contributed by atoms with Gasteiger partial charge in [0.25, 0.3) is 0 Å². The first-order valence-electron chi connectivity index (χ1n) is 12.8. The maximum atomic E-state index is 11.9. The van der Waals surface area contributed by atoms with Crippen LogP contribution in [-0.2, 0) is 33.6 Å². The number of hydrogen-bond donors (Lipinski definition) is 4. The molecule has 0 unspecified atom stereocenters. The van der Waals surface area contributed by atoms with E-state index in [0.717, 1.165) is 39.0 Å². The Balaban J connectivity index is 0.000000574. The number of nitrogens with two attached hydrogens (primary N) is 1. The van der Waals surface area contributed by atoms with E-state index in [1.54, 1.807) is 0 Å². The number of quaternary nitrogens is 1. The molecule has 228 valence electrons. The summed E-state index contributed by atoms with van der Waals surface area (Å²) < 4.78 is 0. The first kappa shape index (κ1) is 38.0. The molecule has 13 nitrogen and oxygen atoms in total. The van der Waals surface area contributed by atoms with Gasteiger partial charge >= 0.3 is 22.3 Å². The van der Waals surface area contributed by atoms with Crippen LogP contribution in [0.2, 0.25) is 0 Å². The molecule has 0 aromatic heterocycles. The van der Waals surface area contributed by atoms with Crippen LogP contribution in [0.15, 0.2) is 0 Å². The first-order valence-corrected chi connectivity index (χ1v) is 13.6. The summed E-state index contributed by atoms with van der Waals surface area (Å²) in [5, 5.41) is 20.7. The summed E-state index contributed by atoms with van der Waals surface area (Å²) >= 11 is 8.98. The molecular formula is C24H37Cl3N4O9. The van der Waals surface area contributed by atoms with Gasteiger partial charge in [0.1, 0.15) is 17.3 Å². The molecule has 0 radical (unpaired) electrons. The Kier molecular flexibility index (Phi) is 19.0. The highest BCUT2D eigenvalue weighted by Gasteiger charge is 2.31. The Morgan fingerprint density at radius 1 is 0.675 bits per heavy atom. The van der Waals surface area contributed by atoms with E-state index in [4.69, 9.17) is 10.2 Å². The number of nitrogens with one attached hydrogen (secondary N) is 1. The number of amides is 2. The molecule has 4 aliphatic heterocycles. The van der Waals surface area contributed by atoms with E-state index in [2.05, 4.69) is 33.8 Å². The molecule has 4 saturated heterocycles. The third kappa shape index (κ3) is 16.3. The number of rotatable bonds is 1. The van der Waals surface area contributed by atoms with Gasteiger partial charge in [0, 0.05) is 77.8 Å². The minimum Gasteiger partial charge on any atom is -1.00 e. The van der Waals surface area contributed by atoms with Gasteiger partial charge in [-0.1, -0.05) is 0 Å². The largest absolute Gasteiger partial charge is 1.00 e. The minimum absolute atomic E-state index is 0. The Hall–Kier alpha value is -2.00. The normalized spacial score (nSPS) is 20.1.